The minimum Gasteiger partial charge on any atom is -0.622 e. The molecule has 0 radical (unpaired) electrons. The third-order valence-electron chi connectivity index (χ3n) is 7.07. The van der Waals surface area contributed by atoms with E-state index in [1.54, 1.807) is 31.3 Å². The normalized spacial score (nSPS) is 13.2. The van der Waals surface area contributed by atoms with Gasteiger partial charge in [-0.3, -0.25) is 24.0 Å². The molecule has 0 aliphatic rings. The molecule has 1 aromatic heterocycles. The second-order valence-electron chi connectivity index (χ2n) is 10.6. The Labute approximate surface area is 277 Å². The van der Waals surface area contributed by atoms with Crippen LogP contribution in [-0.2, 0) is 31.8 Å². The van der Waals surface area contributed by atoms with Crippen molar-refractivity contribution in [1.29, 1.82) is 0 Å². The maximum atomic E-state index is 13.5. The first-order valence-corrected chi connectivity index (χ1v) is 16.4. The minimum absolute atomic E-state index is 0.0904. The molecule has 0 saturated heterocycles. The third kappa shape index (κ3) is 10.6. The van der Waals surface area contributed by atoms with Gasteiger partial charge in [0, 0.05) is 23.9 Å². The van der Waals surface area contributed by atoms with Crippen LogP contribution in [0, 0.1) is 19.1 Å². The molecule has 1 atom stereocenters. The summed E-state index contributed by atoms with van der Waals surface area (Å²) in [5.74, 6) is -0.903. The highest BCUT2D eigenvalue weighted by Crippen LogP contribution is 2.37. The van der Waals surface area contributed by atoms with E-state index in [1.165, 1.54) is 31.2 Å². The second-order valence-corrected chi connectivity index (χ2v) is 11.8. The number of amidine groups is 1. The zero-order valence-electron chi connectivity index (χ0n) is 27.0. The topological polar surface area (TPSA) is 238 Å². The van der Waals surface area contributed by atoms with E-state index in [1.807, 2.05) is 13.8 Å². The summed E-state index contributed by atoms with van der Waals surface area (Å²) in [5, 5.41) is 16.4. The maximum absolute atomic E-state index is 13.5. The summed E-state index contributed by atoms with van der Waals surface area (Å²) in [6.45, 7) is 6.26. The number of hydrogen-bond acceptors (Lipinski definition) is 9. The number of nitrogens with one attached hydrogen (secondary N) is 2. The number of aromatic nitrogens is 1. The van der Waals surface area contributed by atoms with Gasteiger partial charge in [-0.2, -0.15) is 4.79 Å². The van der Waals surface area contributed by atoms with Gasteiger partial charge in [-0.25, -0.2) is 14.5 Å². The lowest BCUT2D eigenvalue weighted by molar-refractivity contribution is -0.820. The van der Waals surface area contributed by atoms with Crippen molar-refractivity contribution < 1.29 is 47.4 Å². The van der Waals surface area contributed by atoms with Gasteiger partial charge in [-0.05, 0) is 68.1 Å². The number of rotatable bonds is 14. The molecular formula is C31H39N6O10P. The quantitative estimate of drug-likeness (QED) is 0.0309. The molecular weight excluding hydrogens is 647 g/mol. The average molecular weight is 687 g/mol. The Morgan fingerprint density at radius 2 is 1.81 bits per heavy atom. The first-order chi connectivity index (χ1) is 22.7. The zero-order valence-corrected chi connectivity index (χ0v) is 27.9. The van der Waals surface area contributed by atoms with Gasteiger partial charge >= 0.3 is 19.9 Å². The number of hydrogen-bond donors (Lipinski definition) is 5. The molecule has 2 aromatic carbocycles. The van der Waals surface area contributed by atoms with Gasteiger partial charge in [0.15, 0.2) is 5.84 Å². The Bertz CT molecular complexity index is 1720. The largest absolute Gasteiger partial charge is 0.622 e. The summed E-state index contributed by atoms with van der Waals surface area (Å²) in [4.78, 5) is 67.2. The third-order valence-corrected chi connectivity index (χ3v) is 7.52. The van der Waals surface area contributed by atoms with Gasteiger partial charge < -0.3 is 35.2 Å². The number of carbonyl (C=O) groups is 3. The first kappa shape index (κ1) is 37.6. The van der Waals surface area contributed by atoms with E-state index in [9.17, 15) is 24.2 Å². The Kier molecular flexibility index (Phi) is 13.2. The number of amides is 2. The highest BCUT2D eigenvalue weighted by molar-refractivity contribution is 7.46. The van der Waals surface area contributed by atoms with Crippen molar-refractivity contribution in [3.05, 3.63) is 87.4 Å². The number of hydroxylamine groups is 3. The standard InChI is InChI=1S/C31H39N6O10P/c1-5-13-33-30(39)23-10-7-20(3)26(15-23)36-29(35-18-32)28-21(4)24(16-34-28)17-37(41,6-2)31(40)46-19-45-27(38)14-22-8-11-25(12-9-22)47-48(42,43)44/h7-12,15-16,18,34H,5-6,13-14,17,19H2,1-4H3,(H,33,39)(H2,32,35,36)(H2,42,43,44). The Hall–Kier alpha value is -4.86. The monoisotopic (exact) mass is 686 g/mol. The lowest BCUT2D eigenvalue weighted by Crippen LogP contribution is -2.47. The van der Waals surface area contributed by atoms with E-state index in [-0.39, 0.29) is 37.0 Å². The van der Waals surface area contributed by atoms with Crippen LogP contribution in [0.4, 0.5) is 10.5 Å². The summed E-state index contributed by atoms with van der Waals surface area (Å²) in [5.41, 5.74) is 9.26. The highest BCUT2D eigenvalue weighted by Gasteiger charge is 2.30. The molecule has 258 valence electrons. The molecule has 17 heteroatoms. The van der Waals surface area contributed by atoms with Crippen molar-refractivity contribution in [2.45, 2.75) is 47.1 Å². The average Bonchev–Trinajstić information content (AvgIpc) is 3.39. The number of nitrogens with zero attached hydrogens (tertiary/aromatic N) is 3. The van der Waals surface area contributed by atoms with Crippen molar-refractivity contribution in [3.8, 4) is 5.75 Å². The Balaban J connectivity index is 1.68. The molecule has 0 aliphatic carbocycles. The van der Waals surface area contributed by atoms with E-state index in [0.29, 0.717) is 40.2 Å². The molecule has 2 amide bonds. The van der Waals surface area contributed by atoms with Gasteiger partial charge in [0.25, 0.3) is 5.91 Å². The van der Waals surface area contributed by atoms with E-state index in [4.69, 9.17) is 25.0 Å². The summed E-state index contributed by atoms with van der Waals surface area (Å²) >= 11 is 0. The molecule has 1 unspecified atom stereocenters. The van der Waals surface area contributed by atoms with Crippen LogP contribution in [-0.4, -0.2) is 69.4 Å². The molecule has 0 aliphatic heterocycles. The van der Waals surface area contributed by atoms with E-state index >= 15 is 0 Å². The van der Waals surface area contributed by atoms with Crippen molar-refractivity contribution >= 4 is 43.7 Å². The second kappa shape index (κ2) is 16.8. The fourth-order valence-corrected chi connectivity index (χ4v) is 4.74. The van der Waals surface area contributed by atoms with Gasteiger partial charge in [0.1, 0.15) is 12.3 Å². The van der Waals surface area contributed by atoms with Crippen LogP contribution >= 0.6 is 7.82 Å². The fraction of sp³-hybridized carbons (Fsp3) is 0.323. The van der Waals surface area contributed by atoms with Crippen LogP contribution < -0.4 is 15.6 Å². The number of ether oxygens (including phenoxy) is 2. The summed E-state index contributed by atoms with van der Waals surface area (Å²) in [6.07, 6.45) is 2.00. The van der Waals surface area contributed by atoms with Gasteiger partial charge in [0.2, 0.25) is 6.79 Å². The van der Waals surface area contributed by atoms with Gasteiger partial charge in [-0.15, -0.1) is 0 Å². The number of esters is 1. The Morgan fingerprint density at radius 3 is 2.44 bits per heavy atom. The minimum atomic E-state index is -4.72. The number of aromatic amines is 1. The van der Waals surface area contributed by atoms with Crippen LogP contribution in [0.3, 0.4) is 0 Å². The van der Waals surface area contributed by atoms with E-state index in [2.05, 4.69) is 24.8 Å². The molecule has 3 rings (SSSR count). The van der Waals surface area contributed by atoms with Crippen LogP contribution in [0.25, 0.3) is 0 Å². The molecule has 1 heterocycles. The number of phosphoric acid groups is 1. The number of phosphoric ester groups is 1. The van der Waals surface area contributed by atoms with Crippen molar-refractivity contribution in [2.24, 2.45) is 15.7 Å². The number of quaternary nitrogens is 1. The number of nitrogens with two attached hydrogens (primary N) is 1. The summed E-state index contributed by atoms with van der Waals surface area (Å²) < 4.78 is 23.9. The molecule has 3 aromatic rings. The van der Waals surface area contributed by atoms with Crippen LogP contribution in [0.2, 0.25) is 0 Å². The lowest BCUT2D eigenvalue weighted by atomic mass is 10.1. The van der Waals surface area contributed by atoms with E-state index < -0.39 is 31.3 Å². The first-order valence-electron chi connectivity index (χ1n) is 14.8. The maximum Gasteiger partial charge on any atom is 0.524 e. The van der Waals surface area contributed by atoms with E-state index in [0.717, 1.165) is 18.3 Å². The zero-order chi connectivity index (χ0) is 35.5. The van der Waals surface area contributed by atoms with Gasteiger partial charge in [0.05, 0.1) is 30.7 Å². The fourth-order valence-electron chi connectivity index (χ4n) is 4.35. The predicted octanol–water partition coefficient (Wildman–Crippen LogP) is 4.02. The molecule has 0 fully saturated rings. The van der Waals surface area contributed by atoms with Crippen LogP contribution in [0.1, 0.15) is 58.6 Å². The molecule has 16 nitrogen and oxygen atoms in total. The molecule has 0 spiro atoms. The molecule has 48 heavy (non-hydrogen) atoms. The number of aliphatic imine (C=N–C) groups is 2. The number of benzene rings is 2. The summed E-state index contributed by atoms with van der Waals surface area (Å²) in [6, 6.07) is 10.5. The SMILES string of the molecule is CCCNC(=O)c1ccc(C)c(N=C(N=CN)c2[nH]cc(C[N+]([O-])(CC)C(=O)OCOC(=O)Cc3ccc(OP(=O)(O)O)cc3)c2C)c1. The smallest absolute Gasteiger partial charge is 0.524 e. The summed E-state index contributed by atoms with van der Waals surface area (Å²) in [7, 11) is -4.72. The van der Waals surface area contributed by atoms with Gasteiger partial charge in [-0.1, -0.05) is 25.1 Å². The van der Waals surface area contributed by atoms with Crippen LogP contribution in [0.5, 0.6) is 5.75 Å². The lowest BCUT2D eigenvalue weighted by Gasteiger charge is -2.36. The van der Waals surface area contributed by atoms with Crippen molar-refractivity contribution in [2.75, 3.05) is 19.9 Å². The number of aryl methyl sites for hydroxylation is 1. The Morgan fingerprint density at radius 1 is 1.10 bits per heavy atom. The number of carbonyl (C=O) groups excluding carboxylic acids is 3. The molecule has 0 bridgehead atoms. The van der Waals surface area contributed by atoms with Crippen molar-refractivity contribution in [3.63, 3.8) is 0 Å². The molecule has 0 saturated carbocycles. The molecule has 6 N–H and O–H groups in total. The number of H-pyrrole nitrogens is 1. The van der Waals surface area contributed by atoms with Crippen LogP contribution in [0.15, 0.2) is 58.6 Å². The predicted molar refractivity (Wildman–Crippen MR) is 176 cm³/mol. The highest BCUT2D eigenvalue weighted by atomic mass is 31.2. The van der Waals surface area contributed by atoms with Crippen molar-refractivity contribution in [1.82, 2.24) is 10.3 Å².